The van der Waals surface area contributed by atoms with Gasteiger partial charge in [0.15, 0.2) is 5.69 Å². The lowest BCUT2D eigenvalue weighted by molar-refractivity contribution is 0.0691. The maximum Gasteiger partial charge on any atom is 0.358 e. The Balaban J connectivity index is 2.24. The Bertz CT molecular complexity index is 841. The van der Waals surface area contributed by atoms with E-state index in [-0.39, 0.29) is 5.69 Å². The van der Waals surface area contributed by atoms with E-state index >= 15 is 0 Å². The number of carboxylic acids is 1. The Morgan fingerprint density at radius 1 is 1.18 bits per heavy atom. The largest absolute Gasteiger partial charge is 0.476 e. The van der Waals surface area contributed by atoms with Crippen LogP contribution in [-0.4, -0.2) is 26.1 Å². The second-order valence-corrected chi connectivity index (χ2v) is 5.29. The molecule has 0 amide bonds. The molecule has 1 heterocycles. The molecule has 6 heteroatoms. The fourth-order valence-corrected chi connectivity index (χ4v) is 2.37. The molecule has 22 heavy (non-hydrogen) atoms. The monoisotopic (exact) mass is 313 g/mol. The number of rotatable bonds is 3. The van der Waals surface area contributed by atoms with Crippen molar-refractivity contribution in [2.75, 3.05) is 0 Å². The number of hydrogen-bond donors (Lipinski definition) is 1. The van der Waals surface area contributed by atoms with Gasteiger partial charge in [0.25, 0.3) is 0 Å². The summed E-state index contributed by atoms with van der Waals surface area (Å²) in [6.07, 6.45) is 0. The lowest BCUT2D eigenvalue weighted by atomic mass is 10.1. The first-order valence-electron chi connectivity index (χ1n) is 6.58. The quantitative estimate of drug-likeness (QED) is 0.802. The van der Waals surface area contributed by atoms with E-state index in [2.05, 4.69) is 10.3 Å². The molecule has 0 unspecified atom stereocenters. The van der Waals surface area contributed by atoms with Crippen molar-refractivity contribution < 1.29 is 9.90 Å². The van der Waals surface area contributed by atoms with E-state index in [1.807, 2.05) is 31.2 Å². The molecule has 2 aromatic carbocycles. The van der Waals surface area contributed by atoms with Crippen LogP contribution < -0.4 is 0 Å². The van der Waals surface area contributed by atoms with E-state index in [0.29, 0.717) is 16.4 Å². The van der Waals surface area contributed by atoms with Crippen LogP contribution in [0.2, 0.25) is 5.02 Å². The van der Waals surface area contributed by atoms with Crippen molar-refractivity contribution in [3.05, 3.63) is 64.8 Å². The summed E-state index contributed by atoms with van der Waals surface area (Å²) in [5, 5.41) is 17.7. The van der Waals surface area contributed by atoms with Crippen molar-refractivity contribution in [2.24, 2.45) is 0 Å². The minimum atomic E-state index is -1.11. The molecule has 5 nitrogen and oxygen atoms in total. The molecule has 0 atom stereocenters. The average molecular weight is 314 g/mol. The van der Waals surface area contributed by atoms with Crippen LogP contribution in [0.3, 0.4) is 0 Å². The average Bonchev–Trinajstić information content (AvgIpc) is 2.93. The smallest absolute Gasteiger partial charge is 0.358 e. The molecular weight excluding hydrogens is 302 g/mol. The van der Waals surface area contributed by atoms with Gasteiger partial charge in [-0.15, -0.1) is 5.10 Å². The molecule has 3 rings (SSSR count). The maximum atomic E-state index is 11.4. The van der Waals surface area contributed by atoms with Crippen LogP contribution in [-0.2, 0) is 0 Å². The number of halogens is 1. The normalized spacial score (nSPS) is 10.6. The Morgan fingerprint density at radius 2 is 1.91 bits per heavy atom. The van der Waals surface area contributed by atoms with Crippen LogP contribution in [0.4, 0.5) is 0 Å². The highest BCUT2D eigenvalue weighted by Crippen LogP contribution is 2.26. The third kappa shape index (κ3) is 2.58. The summed E-state index contributed by atoms with van der Waals surface area (Å²) >= 11 is 5.89. The number of aryl methyl sites for hydroxylation is 1. The maximum absolute atomic E-state index is 11.4. The first-order chi connectivity index (χ1) is 10.6. The molecule has 0 fully saturated rings. The highest BCUT2D eigenvalue weighted by atomic mass is 35.5. The van der Waals surface area contributed by atoms with E-state index in [4.69, 9.17) is 11.6 Å². The Hall–Kier alpha value is -2.66. The summed E-state index contributed by atoms with van der Waals surface area (Å²) in [6.45, 7) is 1.94. The van der Waals surface area contributed by atoms with E-state index in [1.54, 1.807) is 24.3 Å². The van der Waals surface area contributed by atoms with Crippen LogP contribution in [0, 0.1) is 6.92 Å². The van der Waals surface area contributed by atoms with Crippen LogP contribution in [0.15, 0.2) is 48.5 Å². The molecule has 0 saturated carbocycles. The summed E-state index contributed by atoms with van der Waals surface area (Å²) in [5.74, 6) is -1.11. The SMILES string of the molecule is Cc1cccc(-c2c(C(=O)O)nnn2-c2ccc(Cl)cc2)c1. The number of carboxylic acid groups (broad SMARTS) is 1. The van der Waals surface area contributed by atoms with Crippen molar-refractivity contribution in [3.63, 3.8) is 0 Å². The number of aromatic carboxylic acids is 1. The molecule has 0 aliphatic rings. The zero-order chi connectivity index (χ0) is 15.7. The summed E-state index contributed by atoms with van der Waals surface area (Å²) in [6, 6.07) is 14.5. The number of aromatic nitrogens is 3. The van der Waals surface area contributed by atoms with Crippen LogP contribution in [0.5, 0.6) is 0 Å². The number of nitrogens with zero attached hydrogens (tertiary/aromatic N) is 3. The van der Waals surface area contributed by atoms with Gasteiger partial charge in [-0.2, -0.15) is 0 Å². The van der Waals surface area contributed by atoms with E-state index < -0.39 is 5.97 Å². The highest BCUT2D eigenvalue weighted by Gasteiger charge is 2.21. The summed E-state index contributed by atoms with van der Waals surface area (Å²) in [5.41, 5.74) is 2.83. The highest BCUT2D eigenvalue weighted by molar-refractivity contribution is 6.30. The first kappa shape index (κ1) is 14.3. The van der Waals surface area contributed by atoms with Gasteiger partial charge in [0.1, 0.15) is 5.69 Å². The van der Waals surface area contributed by atoms with E-state index in [0.717, 1.165) is 11.1 Å². The van der Waals surface area contributed by atoms with Crippen LogP contribution >= 0.6 is 11.6 Å². The molecule has 0 radical (unpaired) electrons. The second kappa shape index (κ2) is 5.61. The summed E-state index contributed by atoms with van der Waals surface area (Å²) in [4.78, 5) is 11.4. The van der Waals surface area contributed by atoms with Crippen molar-refractivity contribution in [3.8, 4) is 16.9 Å². The molecule has 1 N–H and O–H groups in total. The zero-order valence-corrected chi connectivity index (χ0v) is 12.4. The number of hydrogen-bond acceptors (Lipinski definition) is 3. The third-order valence-corrected chi connectivity index (χ3v) is 3.49. The Labute approximate surface area is 131 Å². The van der Waals surface area contributed by atoms with Crippen molar-refractivity contribution >= 4 is 17.6 Å². The van der Waals surface area contributed by atoms with Gasteiger partial charge in [0.2, 0.25) is 0 Å². The van der Waals surface area contributed by atoms with Crippen molar-refractivity contribution in [1.29, 1.82) is 0 Å². The van der Waals surface area contributed by atoms with E-state index in [1.165, 1.54) is 4.68 Å². The molecule has 1 aromatic heterocycles. The van der Waals surface area contributed by atoms with Crippen molar-refractivity contribution in [1.82, 2.24) is 15.0 Å². The minimum Gasteiger partial charge on any atom is -0.476 e. The topological polar surface area (TPSA) is 68.0 Å². The fraction of sp³-hybridized carbons (Fsp3) is 0.0625. The van der Waals surface area contributed by atoms with Gasteiger partial charge < -0.3 is 5.11 Å². The van der Waals surface area contributed by atoms with Crippen LogP contribution in [0.1, 0.15) is 16.1 Å². The zero-order valence-electron chi connectivity index (χ0n) is 11.7. The van der Waals surface area contributed by atoms with E-state index in [9.17, 15) is 9.90 Å². The lowest BCUT2D eigenvalue weighted by Crippen LogP contribution is -2.03. The predicted octanol–water partition coefficient (Wildman–Crippen LogP) is 3.59. The third-order valence-electron chi connectivity index (χ3n) is 3.24. The fourth-order valence-electron chi connectivity index (χ4n) is 2.24. The molecule has 0 aliphatic heterocycles. The Kier molecular flexibility index (Phi) is 3.65. The summed E-state index contributed by atoms with van der Waals surface area (Å²) < 4.78 is 1.51. The van der Waals surface area contributed by atoms with Gasteiger partial charge in [0.05, 0.1) is 5.69 Å². The van der Waals surface area contributed by atoms with Gasteiger partial charge in [-0.25, -0.2) is 9.48 Å². The molecule has 3 aromatic rings. The van der Waals surface area contributed by atoms with Gasteiger partial charge in [-0.1, -0.05) is 40.6 Å². The number of benzene rings is 2. The molecule has 0 bridgehead atoms. The summed E-state index contributed by atoms with van der Waals surface area (Å²) in [7, 11) is 0. The molecular formula is C16H12ClN3O2. The first-order valence-corrected chi connectivity index (χ1v) is 6.96. The van der Waals surface area contributed by atoms with Crippen molar-refractivity contribution in [2.45, 2.75) is 6.92 Å². The van der Waals surface area contributed by atoms with Gasteiger partial charge >= 0.3 is 5.97 Å². The minimum absolute atomic E-state index is 0.0828. The lowest BCUT2D eigenvalue weighted by Gasteiger charge is -2.08. The molecule has 110 valence electrons. The molecule has 0 saturated heterocycles. The molecule has 0 aliphatic carbocycles. The number of carbonyl (C=O) groups is 1. The van der Waals surface area contributed by atoms with Gasteiger partial charge in [-0.05, 0) is 37.3 Å². The van der Waals surface area contributed by atoms with Gasteiger partial charge in [0, 0.05) is 10.6 Å². The Morgan fingerprint density at radius 3 is 2.55 bits per heavy atom. The predicted molar refractivity (Wildman–Crippen MR) is 83.5 cm³/mol. The second-order valence-electron chi connectivity index (χ2n) is 4.85. The van der Waals surface area contributed by atoms with Gasteiger partial charge in [-0.3, -0.25) is 0 Å². The standard InChI is InChI=1S/C16H12ClN3O2/c1-10-3-2-4-11(9-10)15-14(16(21)22)18-19-20(15)13-7-5-12(17)6-8-13/h2-9H,1H3,(H,21,22). The van der Waals surface area contributed by atoms with Crippen LogP contribution in [0.25, 0.3) is 16.9 Å². The molecule has 0 spiro atoms.